The van der Waals surface area contributed by atoms with E-state index in [1.165, 1.54) is 5.56 Å². The Morgan fingerprint density at radius 3 is 2.33 bits per heavy atom. The molecule has 0 amide bonds. The highest BCUT2D eigenvalue weighted by Crippen LogP contribution is 2.27. The molecule has 0 bridgehead atoms. The average Bonchev–Trinajstić information content (AvgIpc) is 3.05. The van der Waals surface area contributed by atoms with Crippen molar-refractivity contribution in [3.8, 4) is 11.5 Å². The molecule has 0 aliphatic carbocycles. The summed E-state index contributed by atoms with van der Waals surface area (Å²) in [5.74, 6) is 2.42. The Morgan fingerprint density at radius 2 is 1.63 bits per heavy atom. The normalized spacial score (nSPS) is 23.3. The van der Waals surface area contributed by atoms with Gasteiger partial charge in [-0.25, -0.2) is 8.42 Å². The van der Waals surface area contributed by atoms with E-state index in [1.54, 1.807) is 0 Å². The van der Waals surface area contributed by atoms with E-state index in [4.69, 9.17) is 4.74 Å². The van der Waals surface area contributed by atoms with Gasteiger partial charge in [0.25, 0.3) is 0 Å². The Bertz CT molecular complexity index is 862. The lowest BCUT2D eigenvalue weighted by Crippen LogP contribution is -2.50. The van der Waals surface area contributed by atoms with Gasteiger partial charge in [0, 0.05) is 44.3 Å². The van der Waals surface area contributed by atoms with Crippen LogP contribution >= 0.6 is 0 Å². The highest BCUT2D eigenvalue weighted by Gasteiger charge is 2.33. The smallest absolute Gasteiger partial charge is 0.151 e. The van der Waals surface area contributed by atoms with E-state index >= 15 is 0 Å². The highest BCUT2D eigenvalue weighted by molar-refractivity contribution is 7.91. The SMILES string of the molecule is O=S1(=O)CC[C@H](N2CCN(Cc3ccccc3Oc3ccccc3)CC2)C1. The maximum absolute atomic E-state index is 11.7. The van der Waals surface area contributed by atoms with Crippen LogP contribution in [0.3, 0.4) is 0 Å². The number of rotatable bonds is 5. The first-order valence-electron chi connectivity index (χ1n) is 9.57. The number of hydrogen-bond acceptors (Lipinski definition) is 5. The van der Waals surface area contributed by atoms with E-state index in [1.807, 2.05) is 48.5 Å². The minimum absolute atomic E-state index is 0.214. The predicted molar refractivity (Wildman–Crippen MR) is 107 cm³/mol. The number of nitrogens with zero attached hydrogens (tertiary/aromatic N) is 2. The van der Waals surface area contributed by atoms with Gasteiger partial charge >= 0.3 is 0 Å². The lowest BCUT2D eigenvalue weighted by atomic mass is 10.1. The first-order valence-corrected chi connectivity index (χ1v) is 11.4. The van der Waals surface area contributed by atoms with Crippen LogP contribution in [0.2, 0.25) is 0 Å². The topological polar surface area (TPSA) is 49.9 Å². The van der Waals surface area contributed by atoms with Gasteiger partial charge in [-0.15, -0.1) is 0 Å². The zero-order valence-corrected chi connectivity index (χ0v) is 16.3. The van der Waals surface area contributed by atoms with Gasteiger partial charge in [-0.2, -0.15) is 0 Å². The molecule has 5 nitrogen and oxygen atoms in total. The molecule has 0 radical (unpaired) electrons. The molecule has 0 saturated carbocycles. The van der Waals surface area contributed by atoms with Crippen LogP contribution in [0.5, 0.6) is 11.5 Å². The second-order valence-corrected chi connectivity index (χ2v) is 9.62. The van der Waals surface area contributed by atoms with Crippen molar-refractivity contribution < 1.29 is 13.2 Å². The average molecular weight is 387 g/mol. The van der Waals surface area contributed by atoms with Crippen LogP contribution in [0, 0.1) is 0 Å². The molecule has 0 aromatic heterocycles. The molecule has 2 aliphatic rings. The van der Waals surface area contributed by atoms with Crippen LogP contribution < -0.4 is 4.74 Å². The maximum Gasteiger partial charge on any atom is 0.151 e. The van der Waals surface area contributed by atoms with E-state index < -0.39 is 9.84 Å². The number of sulfone groups is 1. The molecule has 0 spiro atoms. The van der Waals surface area contributed by atoms with Crippen LogP contribution in [0.1, 0.15) is 12.0 Å². The fourth-order valence-corrected chi connectivity index (χ4v) is 5.70. The van der Waals surface area contributed by atoms with Crippen molar-refractivity contribution in [2.45, 2.75) is 19.0 Å². The van der Waals surface area contributed by atoms with Gasteiger partial charge < -0.3 is 4.74 Å². The zero-order chi connectivity index (χ0) is 18.7. The highest BCUT2D eigenvalue weighted by atomic mass is 32.2. The van der Waals surface area contributed by atoms with Gasteiger partial charge in [0.05, 0.1) is 11.5 Å². The Balaban J connectivity index is 1.35. The molecular formula is C21H26N2O3S. The molecule has 1 atom stereocenters. The molecular weight excluding hydrogens is 360 g/mol. The molecule has 4 rings (SSSR count). The molecule has 2 fully saturated rings. The quantitative estimate of drug-likeness (QED) is 0.791. The summed E-state index contributed by atoms with van der Waals surface area (Å²) >= 11 is 0. The minimum Gasteiger partial charge on any atom is -0.457 e. The van der Waals surface area contributed by atoms with Crippen molar-refractivity contribution in [2.24, 2.45) is 0 Å². The number of para-hydroxylation sites is 2. The lowest BCUT2D eigenvalue weighted by Gasteiger charge is -2.37. The maximum atomic E-state index is 11.7. The fourth-order valence-electron chi connectivity index (χ4n) is 3.94. The molecule has 27 heavy (non-hydrogen) atoms. The van der Waals surface area contributed by atoms with Crippen LogP contribution in [0.4, 0.5) is 0 Å². The van der Waals surface area contributed by atoms with E-state index in [-0.39, 0.29) is 6.04 Å². The summed E-state index contributed by atoms with van der Waals surface area (Å²) in [7, 11) is -2.81. The Kier molecular flexibility index (Phi) is 5.48. The Labute approximate surface area is 161 Å². The van der Waals surface area contributed by atoms with Crippen LogP contribution in [0.15, 0.2) is 54.6 Å². The first kappa shape index (κ1) is 18.5. The third-order valence-corrected chi connectivity index (χ3v) is 7.22. The largest absolute Gasteiger partial charge is 0.457 e. The second-order valence-electron chi connectivity index (χ2n) is 7.39. The summed E-state index contributed by atoms with van der Waals surface area (Å²) in [4.78, 5) is 4.78. The predicted octanol–water partition coefficient (Wildman–Crippen LogP) is 2.78. The fraction of sp³-hybridized carbons (Fsp3) is 0.429. The van der Waals surface area contributed by atoms with E-state index in [2.05, 4.69) is 15.9 Å². The summed E-state index contributed by atoms with van der Waals surface area (Å²) in [6.45, 7) is 4.62. The van der Waals surface area contributed by atoms with Crippen molar-refractivity contribution >= 4 is 9.84 Å². The van der Waals surface area contributed by atoms with Crippen molar-refractivity contribution in [3.63, 3.8) is 0 Å². The number of benzene rings is 2. The molecule has 2 aromatic carbocycles. The van der Waals surface area contributed by atoms with Crippen molar-refractivity contribution in [2.75, 3.05) is 37.7 Å². The van der Waals surface area contributed by atoms with E-state index in [9.17, 15) is 8.42 Å². The molecule has 2 aliphatic heterocycles. The standard InChI is InChI=1S/C21H26N2O3S/c24-27(25)15-10-19(17-27)23-13-11-22(12-14-23)16-18-6-4-5-9-21(18)26-20-7-2-1-3-8-20/h1-9,19H,10-17H2/t19-/m0/s1. The van der Waals surface area contributed by atoms with Crippen LogP contribution in [0.25, 0.3) is 0 Å². The molecule has 2 aromatic rings. The third kappa shape index (κ3) is 4.69. The third-order valence-electron chi connectivity index (χ3n) is 5.47. The zero-order valence-electron chi connectivity index (χ0n) is 15.5. The second kappa shape index (κ2) is 8.00. The summed E-state index contributed by atoms with van der Waals surface area (Å²) in [5, 5.41) is 0. The number of hydrogen-bond donors (Lipinski definition) is 0. The van der Waals surface area contributed by atoms with Crippen molar-refractivity contribution in [3.05, 3.63) is 60.2 Å². The molecule has 6 heteroatoms. The summed E-state index contributed by atoms with van der Waals surface area (Å²) in [6.07, 6.45) is 0.788. The van der Waals surface area contributed by atoms with Gasteiger partial charge in [-0.1, -0.05) is 36.4 Å². The molecule has 2 saturated heterocycles. The number of ether oxygens (including phenoxy) is 1. The van der Waals surface area contributed by atoms with E-state index in [0.717, 1.165) is 50.6 Å². The van der Waals surface area contributed by atoms with Crippen molar-refractivity contribution in [1.82, 2.24) is 9.80 Å². The molecule has 2 heterocycles. The monoisotopic (exact) mass is 386 g/mol. The van der Waals surface area contributed by atoms with Gasteiger partial charge in [0.2, 0.25) is 0 Å². The van der Waals surface area contributed by atoms with Crippen molar-refractivity contribution in [1.29, 1.82) is 0 Å². The van der Waals surface area contributed by atoms with Gasteiger partial charge in [-0.3, -0.25) is 9.80 Å². The summed E-state index contributed by atoms with van der Waals surface area (Å²) in [5.41, 5.74) is 1.18. The lowest BCUT2D eigenvalue weighted by molar-refractivity contribution is 0.0996. The Morgan fingerprint density at radius 1 is 0.926 bits per heavy atom. The summed E-state index contributed by atoms with van der Waals surface area (Å²) in [6, 6.07) is 18.2. The minimum atomic E-state index is -2.81. The van der Waals surface area contributed by atoms with Crippen LogP contribution in [-0.4, -0.2) is 61.9 Å². The van der Waals surface area contributed by atoms with E-state index in [0.29, 0.717) is 11.5 Å². The van der Waals surface area contributed by atoms with Gasteiger partial charge in [0.1, 0.15) is 11.5 Å². The Hall–Kier alpha value is -1.89. The van der Waals surface area contributed by atoms with Crippen LogP contribution in [-0.2, 0) is 16.4 Å². The molecule has 0 unspecified atom stereocenters. The molecule has 0 N–H and O–H groups in total. The first-order chi connectivity index (χ1) is 13.1. The van der Waals surface area contributed by atoms with Gasteiger partial charge in [0.15, 0.2) is 9.84 Å². The summed E-state index contributed by atoms with van der Waals surface area (Å²) < 4.78 is 29.5. The number of piperazine rings is 1. The molecule has 144 valence electrons. The van der Waals surface area contributed by atoms with Gasteiger partial charge in [-0.05, 0) is 24.6 Å².